The SMILES string of the molecule is Nc1ccc(N=Nc2ccc(N=Nc3ccc([N+](=O)[O-])cc3)cc2)cc1. The Hall–Kier alpha value is -3.94. The molecule has 8 heteroatoms. The van der Waals surface area contributed by atoms with Crippen LogP contribution in [-0.4, -0.2) is 4.92 Å². The Labute approximate surface area is 148 Å². The zero-order valence-electron chi connectivity index (χ0n) is 13.6. The van der Waals surface area contributed by atoms with Crippen LogP contribution in [0.2, 0.25) is 0 Å². The van der Waals surface area contributed by atoms with Crippen LogP contribution in [0.1, 0.15) is 0 Å². The number of nitro benzene ring substituents is 1. The Morgan fingerprint density at radius 1 is 0.615 bits per heavy atom. The predicted octanol–water partition coefficient (Wildman–Crippen LogP) is 6.01. The summed E-state index contributed by atoms with van der Waals surface area (Å²) in [4.78, 5) is 10.2. The minimum absolute atomic E-state index is 0.0137. The lowest BCUT2D eigenvalue weighted by Crippen LogP contribution is -1.85. The fraction of sp³-hybridized carbons (Fsp3) is 0. The van der Waals surface area contributed by atoms with E-state index in [1.54, 1.807) is 48.5 Å². The van der Waals surface area contributed by atoms with Gasteiger partial charge in [-0.05, 0) is 60.7 Å². The number of benzene rings is 3. The van der Waals surface area contributed by atoms with Crippen LogP contribution in [0.4, 0.5) is 34.1 Å². The lowest BCUT2D eigenvalue weighted by Gasteiger charge is -1.96. The molecular formula is C18H14N6O2. The van der Waals surface area contributed by atoms with Crippen LogP contribution < -0.4 is 5.73 Å². The minimum Gasteiger partial charge on any atom is -0.399 e. The predicted molar refractivity (Wildman–Crippen MR) is 98.7 cm³/mol. The van der Waals surface area contributed by atoms with Crippen molar-refractivity contribution in [3.63, 3.8) is 0 Å². The van der Waals surface area contributed by atoms with Crippen LogP contribution >= 0.6 is 0 Å². The first kappa shape index (κ1) is 16.9. The molecule has 0 unspecified atom stereocenters. The van der Waals surface area contributed by atoms with Crippen molar-refractivity contribution < 1.29 is 4.92 Å². The maximum Gasteiger partial charge on any atom is 0.269 e. The molecule has 3 aromatic carbocycles. The molecule has 0 atom stereocenters. The van der Waals surface area contributed by atoms with E-state index in [1.165, 1.54) is 24.3 Å². The van der Waals surface area contributed by atoms with Gasteiger partial charge in [-0.1, -0.05) is 0 Å². The van der Waals surface area contributed by atoms with Crippen molar-refractivity contribution in [2.75, 3.05) is 5.73 Å². The van der Waals surface area contributed by atoms with Crippen molar-refractivity contribution in [3.05, 3.63) is 82.9 Å². The van der Waals surface area contributed by atoms with Gasteiger partial charge in [0.05, 0.1) is 27.7 Å². The zero-order valence-corrected chi connectivity index (χ0v) is 13.6. The molecule has 128 valence electrons. The van der Waals surface area contributed by atoms with E-state index < -0.39 is 4.92 Å². The Kier molecular flexibility index (Phi) is 5.04. The Bertz CT molecular complexity index is 948. The molecule has 0 aliphatic heterocycles. The molecule has 0 aliphatic rings. The third-order valence-corrected chi connectivity index (χ3v) is 3.37. The summed E-state index contributed by atoms with van der Waals surface area (Å²) in [6.07, 6.45) is 0. The first-order chi connectivity index (χ1) is 12.6. The summed E-state index contributed by atoms with van der Waals surface area (Å²) in [7, 11) is 0. The first-order valence-electron chi connectivity index (χ1n) is 7.64. The minimum atomic E-state index is -0.460. The molecular weight excluding hydrogens is 332 g/mol. The average Bonchev–Trinajstić information content (AvgIpc) is 2.67. The maximum atomic E-state index is 10.6. The maximum absolute atomic E-state index is 10.6. The summed E-state index contributed by atoms with van der Waals surface area (Å²) in [6, 6.07) is 20.0. The lowest BCUT2D eigenvalue weighted by atomic mass is 10.3. The molecule has 0 bridgehead atoms. The number of nitro groups is 1. The van der Waals surface area contributed by atoms with Crippen LogP contribution in [-0.2, 0) is 0 Å². The molecule has 0 aromatic heterocycles. The molecule has 26 heavy (non-hydrogen) atoms. The van der Waals surface area contributed by atoms with E-state index in [0.717, 1.165) is 0 Å². The zero-order chi connectivity index (χ0) is 18.4. The highest BCUT2D eigenvalue weighted by molar-refractivity contribution is 5.50. The quantitative estimate of drug-likeness (QED) is 0.264. The molecule has 3 rings (SSSR count). The molecule has 8 nitrogen and oxygen atoms in total. The van der Waals surface area contributed by atoms with E-state index in [1.807, 2.05) is 0 Å². The first-order valence-corrected chi connectivity index (χ1v) is 7.64. The normalized spacial score (nSPS) is 11.2. The molecule has 0 spiro atoms. The monoisotopic (exact) mass is 346 g/mol. The molecule has 0 aliphatic carbocycles. The second-order valence-electron chi connectivity index (χ2n) is 5.28. The van der Waals surface area contributed by atoms with Crippen molar-refractivity contribution in [1.29, 1.82) is 0 Å². The van der Waals surface area contributed by atoms with Gasteiger partial charge < -0.3 is 5.73 Å². The summed E-state index contributed by atoms with van der Waals surface area (Å²) in [5, 5.41) is 27.0. The fourth-order valence-corrected chi connectivity index (χ4v) is 2.00. The summed E-state index contributed by atoms with van der Waals surface area (Å²) in [5.41, 5.74) is 8.86. The van der Waals surface area contributed by atoms with E-state index in [-0.39, 0.29) is 5.69 Å². The van der Waals surface area contributed by atoms with Crippen molar-refractivity contribution in [3.8, 4) is 0 Å². The second-order valence-corrected chi connectivity index (χ2v) is 5.28. The summed E-state index contributed by atoms with van der Waals surface area (Å²) < 4.78 is 0. The molecule has 2 N–H and O–H groups in total. The third kappa shape index (κ3) is 4.54. The molecule has 0 radical (unpaired) electrons. The van der Waals surface area contributed by atoms with Gasteiger partial charge in [-0.2, -0.15) is 20.5 Å². The van der Waals surface area contributed by atoms with Gasteiger partial charge in [-0.15, -0.1) is 0 Å². The van der Waals surface area contributed by atoms with Gasteiger partial charge in [-0.3, -0.25) is 10.1 Å². The van der Waals surface area contributed by atoms with Gasteiger partial charge >= 0.3 is 0 Å². The largest absolute Gasteiger partial charge is 0.399 e. The number of nitrogen functional groups attached to an aromatic ring is 1. The highest BCUT2D eigenvalue weighted by Gasteiger charge is 2.03. The number of hydrogen-bond acceptors (Lipinski definition) is 7. The smallest absolute Gasteiger partial charge is 0.269 e. The van der Waals surface area contributed by atoms with Crippen LogP contribution in [0.5, 0.6) is 0 Å². The number of rotatable bonds is 5. The number of anilines is 1. The van der Waals surface area contributed by atoms with Gasteiger partial charge in [-0.25, -0.2) is 0 Å². The van der Waals surface area contributed by atoms with Crippen LogP contribution in [0.3, 0.4) is 0 Å². The molecule has 0 fully saturated rings. The summed E-state index contributed by atoms with van der Waals surface area (Å²) in [6.45, 7) is 0. The molecule has 0 amide bonds. The number of nitrogens with zero attached hydrogens (tertiary/aromatic N) is 5. The van der Waals surface area contributed by atoms with E-state index in [4.69, 9.17) is 5.73 Å². The average molecular weight is 346 g/mol. The lowest BCUT2D eigenvalue weighted by molar-refractivity contribution is -0.384. The van der Waals surface area contributed by atoms with Gasteiger partial charge in [0.1, 0.15) is 0 Å². The van der Waals surface area contributed by atoms with Crippen LogP contribution in [0.25, 0.3) is 0 Å². The Morgan fingerprint density at radius 2 is 0.923 bits per heavy atom. The number of azo groups is 2. The number of non-ortho nitro benzene ring substituents is 1. The van der Waals surface area contributed by atoms with Crippen LogP contribution in [0.15, 0.2) is 93.3 Å². The fourth-order valence-electron chi connectivity index (χ4n) is 2.00. The number of hydrogen-bond donors (Lipinski definition) is 1. The highest BCUT2D eigenvalue weighted by atomic mass is 16.6. The summed E-state index contributed by atoms with van der Waals surface area (Å²) in [5.74, 6) is 0. The van der Waals surface area contributed by atoms with Crippen molar-refractivity contribution in [2.45, 2.75) is 0 Å². The van der Waals surface area contributed by atoms with Gasteiger partial charge in [0, 0.05) is 17.8 Å². The number of nitrogens with two attached hydrogens (primary N) is 1. The topological polar surface area (TPSA) is 119 Å². The van der Waals surface area contributed by atoms with E-state index in [2.05, 4.69) is 20.5 Å². The van der Waals surface area contributed by atoms with E-state index in [9.17, 15) is 10.1 Å². The van der Waals surface area contributed by atoms with E-state index >= 15 is 0 Å². The van der Waals surface area contributed by atoms with Gasteiger partial charge in [0.2, 0.25) is 0 Å². The van der Waals surface area contributed by atoms with Crippen LogP contribution in [0, 0.1) is 10.1 Å². The standard InChI is InChI=1S/C18H14N6O2/c19-13-1-3-14(4-2-13)20-21-15-5-7-16(8-6-15)22-23-17-9-11-18(12-10-17)24(25)26/h1-12H,19H2. The molecule has 3 aromatic rings. The van der Waals surface area contributed by atoms with Crippen molar-refractivity contribution >= 4 is 34.1 Å². The van der Waals surface area contributed by atoms with Gasteiger partial charge in [0.15, 0.2) is 0 Å². The van der Waals surface area contributed by atoms with Gasteiger partial charge in [0.25, 0.3) is 5.69 Å². The third-order valence-electron chi connectivity index (χ3n) is 3.37. The summed E-state index contributed by atoms with van der Waals surface area (Å²) >= 11 is 0. The molecule has 0 saturated heterocycles. The molecule has 0 heterocycles. The highest BCUT2D eigenvalue weighted by Crippen LogP contribution is 2.24. The van der Waals surface area contributed by atoms with E-state index in [0.29, 0.717) is 28.4 Å². The Balaban J connectivity index is 1.65. The molecule has 0 saturated carbocycles. The van der Waals surface area contributed by atoms with Crippen molar-refractivity contribution in [2.24, 2.45) is 20.5 Å². The Morgan fingerprint density at radius 3 is 1.27 bits per heavy atom. The van der Waals surface area contributed by atoms with Crippen molar-refractivity contribution in [1.82, 2.24) is 0 Å². The second kappa shape index (κ2) is 7.75.